The lowest BCUT2D eigenvalue weighted by molar-refractivity contribution is -0.122. The summed E-state index contributed by atoms with van der Waals surface area (Å²) in [7, 11) is -3.65. The Hall–Kier alpha value is -1.27. The number of sulfonamides is 1. The number of aryl methyl sites for hydroxylation is 1. The molecule has 0 spiro atoms. The van der Waals surface area contributed by atoms with Crippen LogP contribution in [0.4, 0.5) is 5.69 Å². The minimum Gasteiger partial charge on any atom is -0.354 e. The summed E-state index contributed by atoms with van der Waals surface area (Å²) in [6, 6.07) is 4.17. The van der Waals surface area contributed by atoms with Crippen LogP contribution in [-0.4, -0.2) is 33.2 Å². The van der Waals surface area contributed by atoms with Crippen molar-refractivity contribution in [2.75, 3.05) is 17.1 Å². The van der Waals surface area contributed by atoms with Crippen LogP contribution in [0.15, 0.2) is 18.2 Å². The maximum absolute atomic E-state index is 12.6. The zero-order valence-electron chi connectivity index (χ0n) is 16.4. The molecule has 0 aliphatic heterocycles. The third-order valence-corrected chi connectivity index (χ3v) is 6.07. The number of unbranched alkanes of at least 4 members (excludes halogenated alkanes) is 1. The van der Waals surface area contributed by atoms with Gasteiger partial charge in [0.1, 0.15) is 6.04 Å². The predicted molar refractivity (Wildman–Crippen MR) is 109 cm³/mol. The molecule has 7 heteroatoms. The molecule has 1 aromatic carbocycles. The number of anilines is 1. The number of nitrogens with zero attached hydrogens (tertiary/aromatic N) is 1. The molecule has 0 aliphatic rings. The van der Waals surface area contributed by atoms with Gasteiger partial charge < -0.3 is 5.32 Å². The average Bonchev–Trinajstić information content (AvgIpc) is 2.56. The Morgan fingerprint density at radius 1 is 1.31 bits per heavy atom. The molecule has 5 nitrogen and oxygen atoms in total. The topological polar surface area (TPSA) is 66.5 Å². The van der Waals surface area contributed by atoms with E-state index in [-0.39, 0.29) is 5.91 Å². The van der Waals surface area contributed by atoms with E-state index in [1.807, 2.05) is 0 Å². The molecule has 1 aromatic rings. The van der Waals surface area contributed by atoms with Gasteiger partial charge in [0.05, 0.1) is 11.9 Å². The summed E-state index contributed by atoms with van der Waals surface area (Å²) >= 11 is 6.04. The molecule has 0 saturated heterocycles. The SMILES string of the molecule is CCCC[C@H](CC)CNC(=O)[C@@H](C)N(c1cc(Cl)ccc1C)S(C)(=O)=O. The number of carbonyl (C=O) groups is 1. The summed E-state index contributed by atoms with van der Waals surface area (Å²) in [5.74, 6) is 0.107. The van der Waals surface area contributed by atoms with Gasteiger partial charge in [-0.15, -0.1) is 0 Å². The van der Waals surface area contributed by atoms with E-state index in [4.69, 9.17) is 11.6 Å². The van der Waals surface area contributed by atoms with E-state index in [1.165, 1.54) is 0 Å². The second kappa shape index (κ2) is 10.2. The first-order chi connectivity index (χ1) is 12.1. The van der Waals surface area contributed by atoms with Crippen molar-refractivity contribution in [3.05, 3.63) is 28.8 Å². The third-order valence-electron chi connectivity index (χ3n) is 4.61. The highest BCUT2D eigenvalue weighted by atomic mass is 35.5. The Balaban J connectivity index is 2.98. The number of halogens is 1. The number of benzene rings is 1. The van der Waals surface area contributed by atoms with E-state index in [1.54, 1.807) is 32.0 Å². The van der Waals surface area contributed by atoms with Gasteiger partial charge in [-0.1, -0.05) is 50.8 Å². The molecule has 0 aromatic heterocycles. The van der Waals surface area contributed by atoms with Crippen LogP contribution in [0.5, 0.6) is 0 Å². The lowest BCUT2D eigenvalue weighted by Gasteiger charge is -2.30. The summed E-state index contributed by atoms with van der Waals surface area (Å²) in [4.78, 5) is 12.6. The Labute approximate surface area is 163 Å². The zero-order chi connectivity index (χ0) is 19.9. The van der Waals surface area contributed by atoms with Crippen molar-refractivity contribution in [2.45, 2.75) is 59.4 Å². The highest BCUT2D eigenvalue weighted by Crippen LogP contribution is 2.28. The van der Waals surface area contributed by atoms with Crippen LogP contribution in [-0.2, 0) is 14.8 Å². The number of nitrogens with one attached hydrogen (secondary N) is 1. The number of rotatable bonds is 10. The van der Waals surface area contributed by atoms with Crippen molar-refractivity contribution >= 4 is 33.2 Å². The van der Waals surface area contributed by atoms with Crippen LogP contribution >= 0.6 is 11.6 Å². The molecule has 0 saturated carbocycles. The van der Waals surface area contributed by atoms with Crippen molar-refractivity contribution < 1.29 is 13.2 Å². The predicted octanol–water partition coefficient (Wildman–Crippen LogP) is 4.14. The molecule has 1 N–H and O–H groups in total. The minimum atomic E-state index is -3.65. The number of amides is 1. The van der Waals surface area contributed by atoms with Crippen LogP contribution < -0.4 is 9.62 Å². The molecule has 0 bridgehead atoms. The molecule has 1 rings (SSSR count). The van der Waals surface area contributed by atoms with Gasteiger partial charge in [0, 0.05) is 11.6 Å². The van der Waals surface area contributed by atoms with Gasteiger partial charge in [-0.05, 0) is 43.9 Å². The Kier molecular flexibility index (Phi) is 8.90. The lowest BCUT2D eigenvalue weighted by Crippen LogP contribution is -2.49. The summed E-state index contributed by atoms with van der Waals surface area (Å²) < 4.78 is 25.9. The van der Waals surface area contributed by atoms with Crippen LogP contribution in [0, 0.1) is 12.8 Å². The third kappa shape index (κ3) is 6.47. The quantitative estimate of drug-likeness (QED) is 0.639. The molecule has 0 heterocycles. The van der Waals surface area contributed by atoms with Gasteiger partial charge >= 0.3 is 0 Å². The first kappa shape index (κ1) is 22.8. The van der Waals surface area contributed by atoms with E-state index >= 15 is 0 Å². The largest absolute Gasteiger partial charge is 0.354 e. The first-order valence-corrected chi connectivity index (χ1v) is 11.4. The molecule has 0 aliphatic carbocycles. The lowest BCUT2D eigenvalue weighted by atomic mass is 9.99. The molecular formula is C19H31ClN2O3S. The molecule has 148 valence electrons. The maximum Gasteiger partial charge on any atom is 0.243 e. The summed E-state index contributed by atoms with van der Waals surface area (Å²) in [5, 5.41) is 3.35. The monoisotopic (exact) mass is 402 g/mol. The fraction of sp³-hybridized carbons (Fsp3) is 0.632. The van der Waals surface area contributed by atoms with Crippen molar-refractivity contribution in [1.29, 1.82) is 0 Å². The Morgan fingerprint density at radius 3 is 2.50 bits per heavy atom. The van der Waals surface area contributed by atoms with Gasteiger partial charge in [-0.3, -0.25) is 9.10 Å². The maximum atomic E-state index is 12.6. The van der Waals surface area contributed by atoms with Crippen LogP contribution in [0.3, 0.4) is 0 Å². The van der Waals surface area contributed by atoms with E-state index in [0.717, 1.165) is 41.8 Å². The van der Waals surface area contributed by atoms with E-state index in [9.17, 15) is 13.2 Å². The Morgan fingerprint density at radius 2 is 1.96 bits per heavy atom. The fourth-order valence-electron chi connectivity index (χ4n) is 2.94. The smallest absolute Gasteiger partial charge is 0.243 e. The molecule has 1 amide bonds. The van der Waals surface area contributed by atoms with Crippen molar-refractivity contribution in [3.8, 4) is 0 Å². The number of carbonyl (C=O) groups excluding carboxylic acids is 1. The Bertz CT molecular complexity index is 707. The second-order valence-electron chi connectivity index (χ2n) is 6.83. The van der Waals surface area contributed by atoms with Crippen LogP contribution in [0.2, 0.25) is 5.02 Å². The van der Waals surface area contributed by atoms with Crippen molar-refractivity contribution in [2.24, 2.45) is 5.92 Å². The second-order valence-corrected chi connectivity index (χ2v) is 9.12. The number of hydrogen-bond acceptors (Lipinski definition) is 3. The first-order valence-electron chi connectivity index (χ1n) is 9.15. The normalized spacial score (nSPS) is 13.9. The number of hydrogen-bond donors (Lipinski definition) is 1. The van der Waals surface area contributed by atoms with Crippen LogP contribution in [0.25, 0.3) is 0 Å². The molecule has 2 atom stereocenters. The van der Waals surface area contributed by atoms with E-state index < -0.39 is 16.1 Å². The standard InChI is InChI=1S/C19H31ClN2O3S/c1-6-8-9-16(7-2)13-21-19(23)15(4)22(26(5,24)25)18-12-17(20)11-10-14(18)3/h10-12,15-16H,6-9,13H2,1-5H3,(H,21,23)/t15-,16+/m1/s1. The summed E-state index contributed by atoms with van der Waals surface area (Å²) in [5.41, 5.74) is 1.18. The highest BCUT2D eigenvalue weighted by molar-refractivity contribution is 7.92. The van der Waals surface area contributed by atoms with Gasteiger partial charge in [0.2, 0.25) is 15.9 Å². The van der Waals surface area contributed by atoms with Crippen molar-refractivity contribution in [3.63, 3.8) is 0 Å². The van der Waals surface area contributed by atoms with E-state index in [2.05, 4.69) is 19.2 Å². The van der Waals surface area contributed by atoms with Gasteiger partial charge in [-0.25, -0.2) is 8.42 Å². The molecule has 26 heavy (non-hydrogen) atoms. The van der Waals surface area contributed by atoms with Crippen LogP contribution in [0.1, 0.15) is 52.0 Å². The summed E-state index contributed by atoms with van der Waals surface area (Å²) in [6.45, 7) is 8.21. The molecular weight excluding hydrogens is 372 g/mol. The van der Waals surface area contributed by atoms with E-state index in [0.29, 0.717) is 23.2 Å². The average molecular weight is 403 g/mol. The van der Waals surface area contributed by atoms with Gasteiger partial charge in [0.25, 0.3) is 0 Å². The molecule has 0 radical (unpaired) electrons. The van der Waals surface area contributed by atoms with Gasteiger partial charge in [0.15, 0.2) is 0 Å². The zero-order valence-corrected chi connectivity index (χ0v) is 18.0. The summed E-state index contributed by atoms with van der Waals surface area (Å²) in [6.07, 6.45) is 5.40. The molecule has 0 unspecified atom stereocenters. The van der Waals surface area contributed by atoms with Crippen molar-refractivity contribution in [1.82, 2.24) is 5.32 Å². The molecule has 0 fully saturated rings. The highest BCUT2D eigenvalue weighted by Gasteiger charge is 2.30. The van der Waals surface area contributed by atoms with Gasteiger partial charge in [-0.2, -0.15) is 0 Å². The fourth-order valence-corrected chi connectivity index (χ4v) is 4.33. The minimum absolute atomic E-state index is 0.301.